The van der Waals surface area contributed by atoms with Gasteiger partial charge < -0.3 is 5.11 Å². The van der Waals surface area contributed by atoms with Crippen molar-refractivity contribution in [2.24, 2.45) is 5.41 Å². The first kappa shape index (κ1) is 16.8. The number of piperidine rings is 1. The Morgan fingerprint density at radius 2 is 1.80 bits per heavy atom. The second kappa shape index (κ2) is 6.04. The first-order chi connectivity index (χ1) is 9.23. The molecule has 5 heteroatoms. The molecule has 0 aliphatic carbocycles. The standard InChI is InChI=1S/C15H25NO4/c1-5-15(3,4)12(17)13(18)16(6-2)10-8-7-9-11(16)14(19)20/h11H,5-10H2,1-4H3/p+1. The number of quaternary nitrogens is 1. The summed E-state index contributed by atoms with van der Waals surface area (Å²) in [6, 6.07) is -0.780. The number of hydrogen-bond acceptors (Lipinski definition) is 3. The van der Waals surface area contributed by atoms with Crippen molar-refractivity contribution in [2.75, 3.05) is 13.1 Å². The molecule has 114 valence electrons. The summed E-state index contributed by atoms with van der Waals surface area (Å²) in [7, 11) is 0. The van der Waals surface area contributed by atoms with Crippen LogP contribution in [0.2, 0.25) is 0 Å². The number of carbonyl (C=O) groups is 3. The number of rotatable bonds is 5. The zero-order valence-corrected chi connectivity index (χ0v) is 12.9. The third-order valence-corrected chi connectivity index (χ3v) is 4.83. The van der Waals surface area contributed by atoms with E-state index in [9.17, 15) is 19.5 Å². The van der Waals surface area contributed by atoms with Crippen molar-refractivity contribution in [3.05, 3.63) is 0 Å². The van der Waals surface area contributed by atoms with Crippen molar-refractivity contribution >= 4 is 17.7 Å². The normalized spacial score (nSPS) is 27.1. The van der Waals surface area contributed by atoms with Crippen LogP contribution in [0.3, 0.4) is 0 Å². The molecule has 1 amide bonds. The van der Waals surface area contributed by atoms with Gasteiger partial charge in [-0.2, -0.15) is 0 Å². The van der Waals surface area contributed by atoms with Gasteiger partial charge in [0.2, 0.25) is 0 Å². The molecule has 1 rings (SSSR count). The van der Waals surface area contributed by atoms with Crippen LogP contribution in [0.25, 0.3) is 0 Å². The highest BCUT2D eigenvalue weighted by Crippen LogP contribution is 2.31. The van der Waals surface area contributed by atoms with Gasteiger partial charge in [-0.3, -0.25) is 4.79 Å². The fourth-order valence-corrected chi connectivity index (χ4v) is 2.89. The van der Waals surface area contributed by atoms with Gasteiger partial charge in [-0.1, -0.05) is 20.8 Å². The van der Waals surface area contributed by atoms with Crippen LogP contribution in [-0.2, 0) is 14.4 Å². The zero-order chi connectivity index (χ0) is 15.6. The fourth-order valence-electron chi connectivity index (χ4n) is 2.89. The predicted molar refractivity (Wildman–Crippen MR) is 75.0 cm³/mol. The fraction of sp³-hybridized carbons (Fsp3) is 0.800. The van der Waals surface area contributed by atoms with Gasteiger partial charge in [0.25, 0.3) is 5.78 Å². The van der Waals surface area contributed by atoms with Crippen LogP contribution < -0.4 is 0 Å². The van der Waals surface area contributed by atoms with Crippen molar-refractivity contribution < 1.29 is 24.0 Å². The molecule has 0 aromatic heterocycles. The van der Waals surface area contributed by atoms with Gasteiger partial charge >= 0.3 is 11.9 Å². The summed E-state index contributed by atoms with van der Waals surface area (Å²) in [6.07, 6.45) is 2.63. The van der Waals surface area contributed by atoms with Gasteiger partial charge in [-0.15, -0.1) is 0 Å². The number of carbonyl (C=O) groups excluding carboxylic acids is 2. The highest BCUT2D eigenvalue weighted by Gasteiger charge is 2.53. The van der Waals surface area contributed by atoms with E-state index in [0.29, 0.717) is 25.9 Å². The number of likely N-dealkylation sites (N-methyl/N-ethyl adjacent to an activating group) is 1. The Labute approximate surface area is 120 Å². The maximum atomic E-state index is 12.7. The van der Waals surface area contributed by atoms with Gasteiger partial charge in [0.1, 0.15) is 0 Å². The first-order valence-corrected chi connectivity index (χ1v) is 7.41. The maximum Gasteiger partial charge on any atom is 0.383 e. The minimum atomic E-state index is -0.970. The summed E-state index contributed by atoms with van der Waals surface area (Å²) >= 11 is 0. The molecule has 1 heterocycles. The quantitative estimate of drug-likeness (QED) is 0.619. The maximum absolute atomic E-state index is 12.7. The van der Waals surface area contributed by atoms with Crippen molar-refractivity contribution in [1.29, 1.82) is 0 Å². The summed E-state index contributed by atoms with van der Waals surface area (Å²) < 4.78 is -0.211. The Bertz CT molecular complexity index is 416. The third kappa shape index (κ3) is 2.77. The summed E-state index contributed by atoms with van der Waals surface area (Å²) in [5.74, 6) is -1.93. The summed E-state index contributed by atoms with van der Waals surface area (Å²) in [5, 5.41) is 9.42. The Hall–Kier alpha value is -1.23. The molecular formula is C15H26NO4+. The molecule has 0 aromatic rings. The average molecular weight is 284 g/mol. The van der Waals surface area contributed by atoms with Crippen LogP contribution in [0.15, 0.2) is 0 Å². The van der Waals surface area contributed by atoms with E-state index < -0.39 is 29.1 Å². The molecule has 2 atom stereocenters. The van der Waals surface area contributed by atoms with Crippen molar-refractivity contribution in [3.63, 3.8) is 0 Å². The van der Waals surface area contributed by atoms with Gasteiger partial charge in [-0.25, -0.2) is 14.1 Å². The Morgan fingerprint density at radius 1 is 1.20 bits per heavy atom. The molecule has 5 nitrogen and oxygen atoms in total. The lowest BCUT2D eigenvalue weighted by Gasteiger charge is -2.43. The van der Waals surface area contributed by atoms with E-state index in [1.54, 1.807) is 20.8 Å². The van der Waals surface area contributed by atoms with E-state index in [-0.39, 0.29) is 4.48 Å². The van der Waals surface area contributed by atoms with E-state index in [2.05, 4.69) is 0 Å². The molecule has 1 fully saturated rings. The minimum Gasteiger partial charge on any atom is -0.477 e. The Kier molecular flexibility index (Phi) is 5.08. The van der Waals surface area contributed by atoms with Gasteiger partial charge in [0, 0.05) is 11.8 Å². The third-order valence-electron chi connectivity index (χ3n) is 4.83. The minimum absolute atomic E-state index is 0.211. The van der Waals surface area contributed by atoms with Crippen LogP contribution in [-0.4, -0.2) is 46.4 Å². The summed E-state index contributed by atoms with van der Waals surface area (Å²) in [4.78, 5) is 36.7. The smallest absolute Gasteiger partial charge is 0.383 e. The largest absolute Gasteiger partial charge is 0.477 e. The van der Waals surface area contributed by atoms with Crippen LogP contribution in [0.4, 0.5) is 0 Å². The average Bonchev–Trinajstić information content (AvgIpc) is 2.45. The molecule has 2 unspecified atom stereocenters. The lowest BCUT2D eigenvalue weighted by atomic mass is 9.83. The zero-order valence-electron chi connectivity index (χ0n) is 12.9. The lowest BCUT2D eigenvalue weighted by Crippen LogP contribution is -2.67. The molecule has 1 aliphatic rings. The van der Waals surface area contributed by atoms with Crippen LogP contribution in [0, 0.1) is 5.41 Å². The van der Waals surface area contributed by atoms with E-state index >= 15 is 0 Å². The van der Waals surface area contributed by atoms with E-state index in [0.717, 1.165) is 12.8 Å². The number of hydrogen-bond donors (Lipinski definition) is 1. The van der Waals surface area contributed by atoms with Gasteiger partial charge in [0.05, 0.1) is 13.1 Å². The number of nitrogens with zero attached hydrogens (tertiary/aromatic N) is 1. The number of carboxylic acids is 1. The van der Waals surface area contributed by atoms with Gasteiger partial charge in [0.15, 0.2) is 6.04 Å². The van der Waals surface area contributed by atoms with E-state index in [1.165, 1.54) is 0 Å². The highest BCUT2D eigenvalue weighted by molar-refractivity contribution is 6.35. The number of likely N-dealkylation sites (tertiary alicyclic amines) is 1. The molecule has 0 radical (unpaired) electrons. The first-order valence-electron chi connectivity index (χ1n) is 7.41. The van der Waals surface area contributed by atoms with Gasteiger partial charge in [-0.05, 0) is 26.2 Å². The molecule has 20 heavy (non-hydrogen) atoms. The SMILES string of the molecule is CCC(C)(C)C(=O)C(=O)[N+]1(CC)CCCCC1C(=O)O. The number of ketones is 1. The number of amides is 1. The molecule has 1 aliphatic heterocycles. The molecule has 0 spiro atoms. The lowest BCUT2D eigenvalue weighted by molar-refractivity contribution is -0.871. The number of carboxylic acid groups (broad SMARTS) is 1. The van der Waals surface area contributed by atoms with Crippen LogP contribution in [0.5, 0.6) is 0 Å². The second-order valence-electron chi connectivity index (χ2n) is 6.30. The number of Topliss-reactive ketones (excluding diaryl/α,β-unsaturated/α-hetero) is 1. The Balaban J connectivity index is 3.18. The molecule has 0 bridgehead atoms. The van der Waals surface area contributed by atoms with Crippen molar-refractivity contribution in [3.8, 4) is 0 Å². The monoisotopic (exact) mass is 284 g/mol. The van der Waals surface area contributed by atoms with Crippen molar-refractivity contribution in [2.45, 2.75) is 59.4 Å². The van der Waals surface area contributed by atoms with Crippen LogP contribution in [0.1, 0.15) is 53.4 Å². The Morgan fingerprint density at radius 3 is 2.25 bits per heavy atom. The van der Waals surface area contributed by atoms with Crippen molar-refractivity contribution in [1.82, 2.24) is 0 Å². The highest BCUT2D eigenvalue weighted by atomic mass is 16.4. The molecule has 1 saturated heterocycles. The number of aliphatic carboxylic acids is 1. The second-order valence-corrected chi connectivity index (χ2v) is 6.30. The molecular weight excluding hydrogens is 258 g/mol. The molecule has 0 saturated carbocycles. The van der Waals surface area contributed by atoms with E-state index in [4.69, 9.17) is 0 Å². The van der Waals surface area contributed by atoms with E-state index in [1.807, 2.05) is 6.92 Å². The molecule has 1 N–H and O–H groups in total. The van der Waals surface area contributed by atoms with Crippen LogP contribution >= 0.6 is 0 Å². The topological polar surface area (TPSA) is 71.4 Å². The summed E-state index contributed by atoms with van der Waals surface area (Å²) in [5.41, 5.74) is -0.724. The predicted octanol–water partition coefficient (Wildman–Crippen LogP) is 1.99. The summed E-state index contributed by atoms with van der Waals surface area (Å²) in [6.45, 7) is 7.98. The molecule has 0 aromatic carbocycles.